The molecule has 0 bridgehead atoms. The molecule has 0 saturated heterocycles. The molecule has 6 N–H and O–H groups in total. The molecule has 0 fully saturated rings. The average molecular weight is 382 g/mol. The van der Waals surface area contributed by atoms with Gasteiger partial charge in [0.05, 0.1) is 22.3 Å². The minimum Gasteiger partial charge on any atom is -0.508 e. The maximum absolute atomic E-state index is 10.1. The predicted octanol–water partition coefficient (Wildman–Crippen LogP) is 4.16. The Morgan fingerprint density at radius 2 is 1.80 bits per heavy atom. The van der Waals surface area contributed by atoms with Crippen LogP contribution in [0.15, 0.2) is 36.5 Å². The molecule has 0 atom stereocenters. The number of phenolic OH excluding ortho intramolecular Hbond substituents is 2. The van der Waals surface area contributed by atoms with E-state index in [1.165, 1.54) is 17.3 Å². The third kappa shape index (κ3) is 4.72. The highest BCUT2D eigenvalue weighted by molar-refractivity contribution is 6.42. The van der Waals surface area contributed by atoms with Crippen molar-refractivity contribution in [3.63, 3.8) is 0 Å². The van der Waals surface area contributed by atoms with Crippen molar-refractivity contribution < 1.29 is 10.2 Å². The zero-order chi connectivity index (χ0) is 18.7. The maximum Gasteiger partial charge on any atom is 0.128 e. The molecular weight excluding hydrogens is 361 g/mol. The Kier molecular flexibility index (Phi) is 6.06. The van der Waals surface area contributed by atoms with Gasteiger partial charge in [-0.3, -0.25) is 0 Å². The SMILES string of the molecule is CC(C)c1cc(/C(N)=C/N(N)Cc2ccc(Cl)c(Cl)c2)c(O)cc1O. The van der Waals surface area contributed by atoms with Gasteiger partial charge in [0.25, 0.3) is 0 Å². The third-order valence-electron chi connectivity index (χ3n) is 3.73. The summed E-state index contributed by atoms with van der Waals surface area (Å²) >= 11 is 11.9. The number of aromatic hydroxyl groups is 2. The number of phenols is 2. The van der Waals surface area contributed by atoms with Crippen molar-refractivity contribution in [3.8, 4) is 11.5 Å². The van der Waals surface area contributed by atoms with Crippen LogP contribution in [0.25, 0.3) is 5.70 Å². The number of nitrogens with zero attached hydrogens (tertiary/aromatic N) is 1. The van der Waals surface area contributed by atoms with Crippen LogP contribution < -0.4 is 11.6 Å². The number of halogens is 2. The number of hydrogen-bond donors (Lipinski definition) is 4. The molecule has 2 aromatic carbocycles. The minimum atomic E-state index is -0.112. The van der Waals surface area contributed by atoms with Gasteiger partial charge in [0.15, 0.2) is 0 Å². The number of hydrazine groups is 1. The molecule has 0 aliphatic heterocycles. The van der Waals surface area contributed by atoms with Gasteiger partial charge in [-0.05, 0) is 35.2 Å². The maximum atomic E-state index is 10.1. The van der Waals surface area contributed by atoms with Gasteiger partial charge in [-0.15, -0.1) is 0 Å². The zero-order valence-corrected chi connectivity index (χ0v) is 15.5. The van der Waals surface area contributed by atoms with Gasteiger partial charge in [0.1, 0.15) is 11.5 Å². The van der Waals surface area contributed by atoms with Crippen molar-refractivity contribution in [1.29, 1.82) is 0 Å². The molecule has 7 heteroatoms. The van der Waals surface area contributed by atoms with E-state index in [0.29, 0.717) is 27.7 Å². The number of hydrogen-bond acceptors (Lipinski definition) is 5. The first-order valence-corrected chi connectivity index (χ1v) is 8.43. The summed E-state index contributed by atoms with van der Waals surface area (Å²) < 4.78 is 0. The minimum absolute atomic E-state index is 0.0319. The first-order chi connectivity index (χ1) is 11.7. The molecule has 0 aliphatic carbocycles. The van der Waals surface area contributed by atoms with Crippen LogP contribution >= 0.6 is 23.2 Å². The first-order valence-electron chi connectivity index (χ1n) is 7.67. The Morgan fingerprint density at radius 3 is 2.40 bits per heavy atom. The third-order valence-corrected chi connectivity index (χ3v) is 4.47. The Labute approximate surface area is 157 Å². The fraction of sp³-hybridized carbons (Fsp3) is 0.222. The lowest BCUT2D eigenvalue weighted by Crippen LogP contribution is -2.25. The first kappa shape index (κ1) is 19.2. The standard InChI is InChI=1S/C18H21Cl2N3O2/c1-10(2)12-6-13(18(25)7-17(12)24)16(21)9-23(22)8-11-3-4-14(19)15(20)5-11/h3-7,9-10,24-25H,8,21-22H2,1-2H3/b16-9-. The highest BCUT2D eigenvalue weighted by atomic mass is 35.5. The molecule has 0 saturated carbocycles. The molecule has 0 aromatic heterocycles. The lowest BCUT2D eigenvalue weighted by atomic mass is 9.98. The Hall–Kier alpha value is -2.08. The van der Waals surface area contributed by atoms with Gasteiger partial charge in [-0.2, -0.15) is 0 Å². The van der Waals surface area contributed by atoms with Crippen molar-refractivity contribution in [2.24, 2.45) is 11.6 Å². The van der Waals surface area contributed by atoms with E-state index in [1.54, 1.807) is 18.2 Å². The molecule has 0 amide bonds. The second-order valence-corrected chi connectivity index (χ2v) is 6.90. The van der Waals surface area contributed by atoms with E-state index in [2.05, 4.69) is 0 Å². The van der Waals surface area contributed by atoms with Crippen LogP contribution in [0.3, 0.4) is 0 Å². The summed E-state index contributed by atoms with van der Waals surface area (Å²) in [6.07, 6.45) is 1.51. The van der Waals surface area contributed by atoms with Gasteiger partial charge < -0.3 is 21.0 Å². The number of nitrogens with two attached hydrogens (primary N) is 2. The predicted molar refractivity (Wildman–Crippen MR) is 102 cm³/mol. The summed E-state index contributed by atoms with van der Waals surface area (Å²) in [6.45, 7) is 4.23. The summed E-state index contributed by atoms with van der Waals surface area (Å²) in [6, 6.07) is 8.18. The van der Waals surface area contributed by atoms with E-state index in [9.17, 15) is 10.2 Å². The lowest BCUT2D eigenvalue weighted by Gasteiger charge is -2.17. The van der Waals surface area contributed by atoms with Crippen LogP contribution in [0.1, 0.15) is 36.5 Å². The Bertz CT molecular complexity index is 807. The summed E-state index contributed by atoms with van der Waals surface area (Å²) in [5.74, 6) is 5.98. The van der Waals surface area contributed by atoms with Crippen LogP contribution in [0.2, 0.25) is 10.0 Å². The second-order valence-electron chi connectivity index (χ2n) is 6.09. The highest BCUT2D eigenvalue weighted by Crippen LogP contribution is 2.34. The monoisotopic (exact) mass is 381 g/mol. The van der Waals surface area contributed by atoms with E-state index < -0.39 is 0 Å². The van der Waals surface area contributed by atoms with E-state index >= 15 is 0 Å². The van der Waals surface area contributed by atoms with Crippen molar-refractivity contribution >= 4 is 28.9 Å². The quantitative estimate of drug-likeness (QED) is 0.460. The average Bonchev–Trinajstić information content (AvgIpc) is 2.50. The molecule has 134 valence electrons. The molecule has 5 nitrogen and oxygen atoms in total. The van der Waals surface area contributed by atoms with Crippen molar-refractivity contribution in [1.82, 2.24) is 5.01 Å². The van der Waals surface area contributed by atoms with Crippen molar-refractivity contribution in [2.45, 2.75) is 26.3 Å². The van der Waals surface area contributed by atoms with Gasteiger partial charge in [0.2, 0.25) is 0 Å². The second kappa shape index (κ2) is 7.87. The zero-order valence-electron chi connectivity index (χ0n) is 14.0. The summed E-state index contributed by atoms with van der Waals surface area (Å²) in [5.41, 5.74) is 8.31. The van der Waals surface area contributed by atoms with Crippen LogP contribution in [0.4, 0.5) is 0 Å². The Balaban J connectivity index is 2.25. The lowest BCUT2D eigenvalue weighted by molar-refractivity contribution is 0.387. The molecule has 2 rings (SSSR count). The van der Waals surface area contributed by atoms with Crippen LogP contribution in [0.5, 0.6) is 11.5 Å². The molecule has 2 aromatic rings. The smallest absolute Gasteiger partial charge is 0.128 e. The largest absolute Gasteiger partial charge is 0.508 e. The molecule has 0 aliphatic rings. The summed E-state index contributed by atoms with van der Waals surface area (Å²) in [7, 11) is 0. The molecule has 0 unspecified atom stereocenters. The topological polar surface area (TPSA) is 95.7 Å². The summed E-state index contributed by atoms with van der Waals surface area (Å²) in [4.78, 5) is 0. The van der Waals surface area contributed by atoms with Crippen LogP contribution in [-0.4, -0.2) is 15.2 Å². The molecule has 0 spiro atoms. The van der Waals surface area contributed by atoms with E-state index in [1.807, 2.05) is 19.9 Å². The fourth-order valence-electron chi connectivity index (χ4n) is 2.43. The van der Waals surface area contributed by atoms with E-state index in [4.69, 9.17) is 34.8 Å². The fourth-order valence-corrected chi connectivity index (χ4v) is 2.75. The van der Waals surface area contributed by atoms with Crippen LogP contribution in [0, 0.1) is 0 Å². The van der Waals surface area contributed by atoms with Gasteiger partial charge in [-0.1, -0.05) is 43.1 Å². The van der Waals surface area contributed by atoms with Crippen molar-refractivity contribution in [3.05, 3.63) is 63.3 Å². The molecular formula is C18H21Cl2N3O2. The van der Waals surface area contributed by atoms with Gasteiger partial charge in [0, 0.05) is 17.8 Å². The normalized spacial score (nSPS) is 11.8. The number of rotatable bonds is 5. The van der Waals surface area contributed by atoms with E-state index in [0.717, 1.165) is 5.56 Å². The molecule has 0 radical (unpaired) electrons. The summed E-state index contributed by atoms with van der Waals surface area (Å²) in [5, 5.41) is 22.3. The highest BCUT2D eigenvalue weighted by Gasteiger charge is 2.13. The van der Waals surface area contributed by atoms with Gasteiger partial charge in [-0.25, -0.2) is 5.84 Å². The van der Waals surface area contributed by atoms with E-state index in [-0.39, 0.29) is 23.1 Å². The molecule has 25 heavy (non-hydrogen) atoms. The van der Waals surface area contributed by atoms with Crippen LogP contribution in [-0.2, 0) is 6.54 Å². The molecule has 0 heterocycles. The van der Waals surface area contributed by atoms with Crippen molar-refractivity contribution in [2.75, 3.05) is 0 Å². The number of benzene rings is 2. The Morgan fingerprint density at radius 1 is 1.12 bits per heavy atom. The van der Waals surface area contributed by atoms with Gasteiger partial charge >= 0.3 is 0 Å².